The summed E-state index contributed by atoms with van der Waals surface area (Å²) in [6.45, 7) is 0.769. The fourth-order valence-electron chi connectivity index (χ4n) is 2.15. The summed E-state index contributed by atoms with van der Waals surface area (Å²) in [5.41, 5.74) is 7.30. The summed E-state index contributed by atoms with van der Waals surface area (Å²) < 4.78 is 10.8. The zero-order chi connectivity index (χ0) is 14.8. The first-order valence-electron chi connectivity index (χ1n) is 6.36. The van der Waals surface area contributed by atoms with Crippen LogP contribution < -0.4 is 20.5 Å². The minimum Gasteiger partial charge on any atom is -0.454 e. The van der Waals surface area contributed by atoms with Crippen molar-refractivity contribution in [2.45, 2.75) is 6.54 Å². The quantitative estimate of drug-likeness (QED) is 0.911. The van der Waals surface area contributed by atoms with E-state index < -0.39 is 5.91 Å². The van der Waals surface area contributed by atoms with E-state index in [0.717, 1.165) is 22.7 Å². The maximum atomic E-state index is 11.3. The van der Waals surface area contributed by atoms with Crippen molar-refractivity contribution >= 4 is 23.2 Å². The fourth-order valence-corrected chi connectivity index (χ4v) is 2.36. The molecule has 5 nitrogen and oxygen atoms in total. The number of fused-ring (bicyclic) bond motifs is 1. The standard InChI is InChI=1S/C15H13ClN2O3/c16-12-5-4-10(6-11(12)15(17)19)18-7-9-2-1-3-13-14(9)21-8-20-13/h1-6,18H,7-8H2,(H2,17,19). The third-order valence-corrected chi connectivity index (χ3v) is 3.52. The van der Waals surface area contributed by atoms with E-state index in [-0.39, 0.29) is 6.79 Å². The number of amides is 1. The van der Waals surface area contributed by atoms with Crippen LogP contribution in [0.25, 0.3) is 0 Å². The van der Waals surface area contributed by atoms with Gasteiger partial charge in [0.05, 0.1) is 10.6 Å². The maximum absolute atomic E-state index is 11.3. The third-order valence-electron chi connectivity index (χ3n) is 3.19. The SMILES string of the molecule is NC(=O)c1cc(NCc2cccc3c2OCO3)ccc1Cl. The second-order valence-corrected chi connectivity index (χ2v) is 4.97. The molecule has 0 spiro atoms. The van der Waals surface area contributed by atoms with Crippen molar-refractivity contribution in [3.05, 3.63) is 52.5 Å². The highest BCUT2D eigenvalue weighted by Gasteiger charge is 2.17. The van der Waals surface area contributed by atoms with Crippen LogP contribution in [0.2, 0.25) is 5.02 Å². The van der Waals surface area contributed by atoms with E-state index in [1.165, 1.54) is 0 Å². The van der Waals surface area contributed by atoms with Crippen molar-refractivity contribution in [3.8, 4) is 11.5 Å². The molecule has 1 heterocycles. The first kappa shape index (κ1) is 13.6. The number of para-hydroxylation sites is 1. The van der Waals surface area contributed by atoms with Crippen molar-refractivity contribution in [1.82, 2.24) is 0 Å². The zero-order valence-electron chi connectivity index (χ0n) is 11.1. The van der Waals surface area contributed by atoms with Crippen LogP contribution >= 0.6 is 11.6 Å². The lowest BCUT2D eigenvalue weighted by Crippen LogP contribution is -2.12. The van der Waals surface area contributed by atoms with Gasteiger partial charge in [0.25, 0.3) is 0 Å². The monoisotopic (exact) mass is 304 g/mol. The molecule has 3 N–H and O–H groups in total. The minimum absolute atomic E-state index is 0.235. The van der Waals surface area contributed by atoms with Gasteiger partial charge in [-0.2, -0.15) is 0 Å². The van der Waals surface area contributed by atoms with E-state index in [1.54, 1.807) is 18.2 Å². The largest absolute Gasteiger partial charge is 0.454 e. The van der Waals surface area contributed by atoms with Crippen LogP contribution in [0.5, 0.6) is 11.5 Å². The van der Waals surface area contributed by atoms with E-state index in [2.05, 4.69) is 5.32 Å². The minimum atomic E-state index is -0.555. The summed E-state index contributed by atoms with van der Waals surface area (Å²) in [5, 5.41) is 3.55. The number of hydrogen-bond acceptors (Lipinski definition) is 4. The lowest BCUT2D eigenvalue weighted by atomic mass is 10.1. The molecule has 1 aliphatic rings. The molecule has 2 aromatic carbocycles. The Labute approximate surface area is 126 Å². The Bertz CT molecular complexity index is 703. The predicted octanol–water partition coefficient (Wildman–Crippen LogP) is 2.78. The van der Waals surface area contributed by atoms with Gasteiger partial charge in [0.15, 0.2) is 11.5 Å². The Morgan fingerprint density at radius 3 is 2.95 bits per heavy atom. The van der Waals surface area contributed by atoms with Gasteiger partial charge in [-0.1, -0.05) is 23.7 Å². The average molecular weight is 305 g/mol. The number of rotatable bonds is 4. The second kappa shape index (κ2) is 5.54. The molecule has 6 heteroatoms. The summed E-state index contributed by atoms with van der Waals surface area (Å²) in [7, 11) is 0. The Morgan fingerprint density at radius 1 is 1.29 bits per heavy atom. The normalized spacial score (nSPS) is 12.2. The number of halogens is 1. The summed E-state index contributed by atoms with van der Waals surface area (Å²) in [6.07, 6.45) is 0. The third kappa shape index (κ3) is 2.73. The first-order chi connectivity index (χ1) is 10.1. The van der Waals surface area contributed by atoms with Gasteiger partial charge >= 0.3 is 0 Å². The summed E-state index contributed by atoms with van der Waals surface area (Å²) >= 11 is 5.92. The smallest absolute Gasteiger partial charge is 0.250 e. The Morgan fingerprint density at radius 2 is 2.14 bits per heavy atom. The van der Waals surface area contributed by atoms with Gasteiger partial charge in [-0.15, -0.1) is 0 Å². The van der Waals surface area contributed by atoms with Gasteiger partial charge < -0.3 is 20.5 Å². The molecule has 3 rings (SSSR count). The summed E-state index contributed by atoms with van der Waals surface area (Å²) in [5.74, 6) is 0.929. The molecule has 2 aromatic rings. The molecule has 21 heavy (non-hydrogen) atoms. The van der Waals surface area contributed by atoms with Crippen LogP contribution in [0.4, 0.5) is 5.69 Å². The molecule has 1 amide bonds. The zero-order valence-corrected chi connectivity index (χ0v) is 11.8. The average Bonchev–Trinajstić information content (AvgIpc) is 2.95. The highest BCUT2D eigenvalue weighted by molar-refractivity contribution is 6.33. The number of nitrogens with one attached hydrogen (secondary N) is 1. The van der Waals surface area contributed by atoms with Crippen molar-refractivity contribution < 1.29 is 14.3 Å². The number of nitrogens with two attached hydrogens (primary N) is 1. The second-order valence-electron chi connectivity index (χ2n) is 4.56. The highest BCUT2D eigenvalue weighted by Crippen LogP contribution is 2.35. The lowest BCUT2D eigenvalue weighted by Gasteiger charge is -2.10. The number of ether oxygens (including phenoxy) is 2. The van der Waals surface area contributed by atoms with Gasteiger partial charge in [-0.25, -0.2) is 0 Å². The molecular formula is C15H13ClN2O3. The molecule has 0 fully saturated rings. The summed E-state index contributed by atoms with van der Waals surface area (Å²) in [6, 6.07) is 10.8. The van der Waals surface area contributed by atoms with E-state index >= 15 is 0 Å². The van der Waals surface area contributed by atoms with Crippen molar-refractivity contribution in [2.24, 2.45) is 5.73 Å². The molecule has 0 unspecified atom stereocenters. The number of primary amides is 1. The van der Waals surface area contributed by atoms with Crippen LogP contribution in [0, 0.1) is 0 Å². The summed E-state index contributed by atoms with van der Waals surface area (Å²) in [4.78, 5) is 11.3. The van der Waals surface area contributed by atoms with Gasteiger partial charge in [-0.3, -0.25) is 4.79 Å². The molecule has 0 atom stereocenters. The molecule has 0 aromatic heterocycles. The van der Waals surface area contributed by atoms with Crippen LogP contribution in [0.1, 0.15) is 15.9 Å². The molecule has 108 valence electrons. The first-order valence-corrected chi connectivity index (χ1v) is 6.73. The Kier molecular flexibility index (Phi) is 3.58. The van der Waals surface area contributed by atoms with Crippen LogP contribution in [-0.2, 0) is 6.54 Å². The van der Waals surface area contributed by atoms with E-state index in [4.69, 9.17) is 26.8 Å². The van der Waals surface area contributed by atoms with Crippen LogP contribution in [0.15, 0.2) is 36.4 Å². The number of carbonyl (C=O) groups excluding carboxylic acids is 1. The van der Waals surface area contributed by atoms with Gasteiger partial charge in [-0.05, 0) is 24.3 Å². The van der Waals surface area contributed by atoms with Crippen molar-refractivity contribution in [2.75, 3.05) is 12.1 Å². The molecule has 0 saturated carbocycles. The van der Waals surface area contributed by atoms with Gasteiger partial charge in [0.2, 0.25) is 12.7 Å². The van der Waals surface area contributed by atoms with Crippen LogP contribution in [0.3, 0.4) is 0 Å². The van der Waals surface area contributed by atoms with Gasteiger partial charge in [0.1, 0.15) is 0 Å². The Hall–Kier alpha value is -2.40. The van der Waals surface area contributed by atoms with Gasteiger partial charge in [0, 0.05) is 17.8 Å². The lowest BCUT2D eigenvalue weighted by molar-refractivity contribution is 0.100. The molecule has 0 aliphatic carbocycles. The molecule has 0 radical (unpaired) electrons. The van der Waals surface area contributed by atoms with E-state index in [1.807, 2.05) is 18.2 Å². The molecule has 0 saturated heterocycles. The van der Waals surface area contributed by atoms with E-state index in [9.17, 15) is 4.79 Å². The Balaban J connectivity index is 1.78. The highest BCUT2D eigenvalue weighted by atomic mass is 35.5. The number of hydrogen-bond donors (Lipinski definition) is 2. The fraction of sp³-hybridized carbons (Fsp3) is 0.133. The molecule has 1 aliphatic heterocycles. The topological polar surface area (TPSA) is 73.6 Å². The van der Waals surface area contributed by atoms with E-state index in [0.29, 0.717) is 17.1 Å². The molecule has 0 bridgehead atoms. The maximum Gasteiger partial charge on any atom is 0.250 e. The number of benzene rings is 2. The van der Waals surface area contributed by atoms with Crippen molar-refractivity contribution in [1.29, 1.82) is 0 Å². The number of carbonyl (C=O) groups is 1. The number of anilines is 1. The molecular weight excluding hydrogens is 292 g/mol. The predicted molar refractivity (Wildman–Crippen MR) is 79.9 cm³/mol. The van der Waals surface area contributed by atoms with Crippen molar-refractivity contribution in [3.63, 3.8) is 0 Å². The van der Waals surface area contributed by atoms with Crippen LogP contribution in [-0.4, -0.2) is 12.7 Å².